The van der Waals surface area contributed by atoms with Gasteiger partial charge in [0.15, 0.2) is 0 Å². The number of nitrogens with zero attached hydrogens (tertiary/aromatic N) is 1. The molecule has 0 saturated heterocycles. The van der Waals surface area contributed by atoms with E-state index in [0.29, 0.717) is 12.3 Å². The van der Waals surface area contributed by atoms with Crippen LogP contribution < -0.4 is 5.32 Å². The van der Waals surface area contributed by atoms with Crippen molar-refractivity contribution in [3.05, 3.63) is 70.8 Å². The second kappa shape index (κ2) is 11.1. The van der Waals surface area contributed by atoms with E-state index in [1.54, 1.807) is 23.6 Å². The molecular formula is C24H32N2O2S. The normalized spacial score (nSPS) is 11.9. The molecule has 0 aliphatic carbocycles. The number of carbonyl (C=O) groups excluding carboxylic acids is 2. The first-order valence-corrected chi connectivity index (χ1v) is 11.2. The first-order valence-electron chi connectivity index (χ1n) is 10.0. The topological polar surface area (TPSA) is 49.4 Å². The maximum Gasteiger partial charge on any atom is 0.242 e. The SMILES string of the molecule is Cc1cc(C)cc(CSCC(=O)N(Cc2ccccc2)C(C)C(=O)NC(C)C)c1. The van der Waals surface area contributed by atoms with Gasteiger partial charge in [0.1, 0.15) is 6.04 Å². The van der Waals surface area contributed by atoms with E-state index in [2.05, 4.69) is 37.4 Å². The molecule has 0 spiro atoms. The van der Waals surface area contributed by atoms with Gasteiger partial charge in [-0.3, -0.25) is 9.59 Å². The van der Waals surface area contributed by atoms with Crippen LogP contribution in [0.1, 0.15) is 43.0 Å². The highest BCUT2D eigenvalue weighted by Crippen LogP contribution is 2.18. The highest BCUT2D eigenvalue weighted by atomic mass is 32.2. The number of rotatable bonds is 9. The molecule has 1 atom stereocenters. The molecule has 0 bridgehead atoms. The van der Waals surface area contributed by atoms with Gasteiger partial charge in [0.2, 0.25) is 11.8 Å². The lowest BCUT2D eigenvalue weighted by molar-refractivity contribution is -0.138. The van der Waals surface area contributed by atoms with Gasteiger partial charge in [-0.15, -0.1) is 11.8 Å². The smallest absolute Gasteiger partial charge is 0.242 e. The Morgan fingerprint density at radius 1 is 0.966 bits per heavy atom. The number of thioether (sulfide) groups is 1. The fourth-order valence-electron chi connectivity index (χ4n) is 3.26. The molecule has 1 N–H and O–H groups in total. The van der Waals surface area contributed by atoms with E-state index in [-0.39, 0.29) is 17.9 Å². The molecule has 29 heavy (non-hydrogen) atoms. The summed E-state index contributed by atoms with van der Waals surface area (Å²) in [7, 11) is 0. The van der Waals surface area contributed by atoms with Crippen LogP contribution in [0.5, 0.6) is 0 Å². The van der Waals surface area contributed by atoms with Crippen molar-refractivity contribution in [2.24, 2.45) is 0 Å². The summed E-state index contributed by atoms with van der Waals surface area (Å²) in [6, 6.07) is 15.8. The number of hydrogen-bond acceptors (Lipinski definition) is 3. The Labute approximate surface area is 179 Å². The molecule has 156 valence electrons. The number of carbonyl (C=O) groups is 2. The second-order valence-electron chi connectivity index (χ2n) is 7.84. The molecule has 0 aliphatic heterocycles. The van der Waals surface area contributed by atoms with Crippen LogP contribution >= 0.6 is 11.8 Å². The Hall–Kier alpha value is -2.27. The van der Waals surface area contributed by atoms with Gasteiger partial charge in [0.25, 0.3) is 0 Å². The molecule has 2 aromatic carbocycles. The number of aryl methyl sites for hydroxylation is 2. The van der Waals surface area contributed by atoms with Gasteiger partial charge in [-0.05, 0) is 45.7 Å². The van der Waals surface area contributed by atoms with Crippen LogP contribution in [0.25, 0.3) is 0 Å². The average molecular weight is 413 g/mol. The summed E-state index contributed by atoms with van der Waals surface area (Å²) in [6.45, 7) is 10.2. The summed E-state index contributed by atoms with van der Waals surface area (Å²) in [6.07, 6.45) is 0. The Kier molecular flexibility index (Phi) is 8.77. The van der Waals surface area contributed by atoms with Gasteiger partial charge < -0.3 is 10.2 Å². The highest BCUT2D eigenvalue weighted by molar-refractivity contribution is 7.99. The van der Waals surface area contributed by atoms with Gasteiger partial charge in [0.05, 0.1) is 5.75 Å². The first kappa shape index (κ1) is 23.0. The zero-order valence-electron chi connectivity index (χ0n) is 18.1. The molecule has 0 aromatic heterocycles. The molecular weight excluding hydrogens is 380 g/mol. The molecule has 0 radical (unpaired) electrons. The van der Waals surface area contributed by atoms with E-state index in [1.165, 1.54) is 16.7 Å². The summed E-state index contributed by atoms with van der Waals surface area (Å²) < 4.78 is 0. The third-order valence-electron chi connectivity index (χ3n) is 4.57. The standard InChI is InChI=1S/C24H32N2O2S/c1-17(2)25-24(28)20(5)26(14-21-9-7-6-8-10-21)23(27)16-29-15-22-12-18(3)11-19(4)13-22/h6-13,17,20H,14-16H2,1-5H3,(H,25,28). The third kappa shape index (κ3) is 7.58. The third-order valence-corrected chi connectivity index (χ3v) is 5.56. The fourth-order valence-corrected chi connectivity index (χ4v) is 4.10. The van der Waals surface area contributed by atoms with Crippen molar-refractivity contribution in [2.75, 3.05) is 5.75 Å². The summed E-state index contributed by atoms with van der Waals surface area (Å²) in [5, 5.41) is 2.92. The van der Waals surface area contributed by atoms with Crippen molar-refractivity contribution in [1.82, 2.24) is 10.2 Å². The van der Waals surface area contributed by atoms with E-state index in [1.807, 2.05) is 44.2 Å². The molecule has 2 aromatic rings. The Bertz CT molecular complexity index is 801. The van der Waals surface area contributed by atoms with Crippen molar-refractivity contribution in [2.45, 2.75) is 59.0 Å². The molecule has 0 aliphatic rings. The molecule has 5 heteroatoms. The minimum absolute atomic E-state index is 0.0189. The monoisotopic (exact) mass is 412 g/mol. The average Bonchev–Trinajstić information content (AvgIpc) is 2.65. The molecule has 1 unspecified atom stereocenters. The molecule has 0 fully saturated rings. The second-order valence-corrected chi connectivity index (χ2v) is 8.82. The van der Waals surface area contributed by atoms with Crippen LogP contribution in [0.4, 0.5) is 0 Å². The minimum Gasteiger partial charge on any atom is -0.352 e. The van der Waals surface area contributed by atoms with Gasteiger partial charge in [-0.1, -0.05) is 59.7 Å². The highest BCUT2D eigenvalue weighted by Gasteiger charge is 2.26. The molecule has 0 heterocycles. The van der Waals surface area contributed by atoms with Gasteiger partial charge in [-0.25, -0.2) is 0 Å². The zero-order chi connectivity index (χ0) is 21.4. The Morgan fingerprint density at radius 2 is 1.59 bits per heavy atom. The number of benzene rings is 2. The fraction of sp³-hybridized carbons (Fsp3) is 0.417. The van der Waals surface area contributed by atoms with Crippen LogP contribution in [0.2, 0.25) is 0 Å². The largest absolute Gasteiger partial charge is 0.352 e. The van der Waals surface area contributed by atoms with Crippen molar-refractivity contribution < 1.29 is 9.59 Å². The van der Waals surface area contributed by atoms with Gasteiger partial charge in [0, 0.05) is 18.3 Å². The molecule has 2 amide bonds. The summed E-state index contributed by atoms with van der Waals surface area (Å²) in [5.74, 6) is 0.984. The lowest BCUT2D eigenvalue weighted by atomic mass is 10.1. The van der Waals surface area contributed by atoms with Crippen LogP contribution in [0.15, 0.2) is 48.5 Å². The van der Waals surface area contributed by atoms with E-state index in [4.69, 9.17) is 0 Å². The molecule has 0 saturated carbocycles. The zero-order valence-corrected chi connectivity index (χ0v) is 18.9. The van der Waals surface area contributed by atoms with Crippen LogP contribution in [0, 0.1) is 13.8 Å². The van der Waals surface area contributed by atoms with Crippen molar-refractivity contribution in [1.29, 1.82) is 0 Å². The number of nitrogens with one attached hydrogen (secondary N) is 1. The lowest BCUT2D eigenvalue weighted by Gasteiger charge is -2.29. The van der Waals surface area contributed by atoms with Crippen LogP contribution in [-0.4, -0.2) is 34.6 Å². The Balaban J connectivity index is 2.05. The van der Waals surface area contributed by atoms with E-state index in [0.717, 1.165) is 11.3 Å². The van der Waals surface area contributed by atoms with Gasteiger partial charge in [-0.2, -0.15) is 0 Å². The summed E-state index contributed by atoms with van der Waals surface area (Å²) in [4.78, 5) is 27.3. The predicted octanol–water partition coefficient (Wildman–Crippen LogP) is 4.48. The summed E-state index contributed by atoms with van der Waals surface area (Å²) >= 11 is 1.59. The van der Waals surface area contributed by atoms with E-state index in [9.17, 15) is 9.59 Å². The Morgan fingerprint density at radius 3 is 2.17 bits per heavy atom. The quantitative estimate of drug-likeness (QED) is 0.661. The predicted molar refractivity (Wildman–Crippen MR) is 122 cm³/mol. The summed E-state index contributed by atoms with van der Waals surface area (Å²) in [5.41, 5.74) is 4.71. The van der Waals surface area contributed by atoms with Crippen LogP contribution in [-0.2, 0) is 21.9 Å². The van der Waals surface area contributed by atoms with E-state index < -0.39 is 6.04 Å². The number of hydrogen-bond donors (Lipinski definition) is 1. The maximum atomic E-state index is 13.0. The molecule has 2 rings (SSSR count). The van der Waals surface area contributed by atoms with E-state index >= 15 is 0 Å². The number of amides is 2. The first-order chi connectivity index (χ1) is 13.8. The van der Waals surface area contributed by atoms with Crippen molar-refractivity contribution >= 4 is 23.6 Å². The van der Waals surface area contributed by atoms with Crippen LogP contribution in [0.3, 0.4) is 0 Å². The lowest BCUT2D eigenvalue weighted by Crippen LogP contribution is -2.49. The van der Waals surface area contributed by atoms with Crippen molar-refractivity contribution in [3.8, 4) is 0 Å². The van der Waals surface area contributed by atoms with Gasteiger partial charge >= 0.3 is 0 Å². The van der Waals surface area contributed by atoms with Crippen molar-refractivity contribution in [3.63, 3.8) is 0 Å². The maximum absolute atomic E-state index is 13.0. The minimum atomic E-state index is -0.521. The molecule has 4 nitrogen and oxygen atoms in total.